The van der Waals surface area contributed by atoms with Crippen LogP contribution in [0.4, 0.5) is 0 Å². The average Bonchev–Trinajstić information content (AvgIpc) is 2.24. The molecule has 1 aromatic heterocycles. The van der Waals surface area contributed by atoms with Crippen molar-refractivity contribution in [3.05, 3.63) is 29.0 Å². The van der Waals surface area contributed by atoms with Crippen LogP contribution in [0.2, 0.25) is 5.02 Å². The highest BCUT2D eigenvalue weighted by atomic mass is 35.5. The lowest BCUT2D eigenvalue weighted by Gasteiger charge is -2.27. The maximum absolute atomic E-state index is 6.18. The lowest BCUT2D eigenvalue weighted by Crippen LogP contribution is -2.40. The quantitative estimate of drug-likeness (QED) is 0.875. The van der Waals surface area contributed by atoms with Crippen LogP contribution in [0, 0.1) is 11.8 Å². The first-order chi connectivity index (χ1) is 8.29. The summed E-state index contributed by atoms with van der Waals surface area (Å²) in [6, 6.07) is 2.02. The predicted octanol–water partition coefficient (Wildman–Crippen LogP) is 3.94. The second-order valence-corrected chi connectivity index (χ2v) is 6.71. The van der Waals surface area contributed by atoms with Crippen LogP contribution < -0.4 is 5.32 Å². The van der Waals surface area contributed by atoms with Crippen molar-refractivity contribution >= 4 is 11.6 Å². The highest BCUT2D eigenvalue weighted by Crippen LogP contribution is 2.22. The van der Waals surface area contributed by atoms with Crippen LogP contribution in [0.15, 0.2) is 18.5 Å². The first-order valence-electron chi connectivity index (χ1n) is 6.63. The minimum absolute atomic E-state index is 0.162. The van der Waals surface area contributed by atoms with E-state index in [-0.39, 0.29) is 5.54 Å². The topological polar surface area (TPSA) is 24.9 Å². The Morgan fingerprint density at radius 3 is 2.50 bits per heavy atom. The van der Waals surface area contributed by atoms with E-state index in [1.165, 1.54) is 5.56 Å². The number of hydrogen-bond donors (Lipinski definition) is 1. The Morgan fingerprint density at radius 1 is 1.33 bits per heavy atom. The molecule has 102 valence electrons. The molecule has 0 saturated carbocycles. The van der Waals surface area contributed by atoms with Gasteiger partial charge in [0.1, 0.15) is 0 Å². The van der Waals surface area contributed by atoms with Crippen LogP contribution in [0.3, 0.4) is 0 Å². The molecule has 18 heavy (non-hydrogen) atoms. The van der Waals surface area contributed by atoms with Gasteiger partial charge in [0.15, 0.2) is 0 Å². The van der Waals surface area contributed by atoms with E-state index < -0.39 is 0 Å². The van der Waals surface area contributed by atoms with Gasteiger partial charge in [-0.25, -0.2) is 0 Å². The van der Waals surface area contributed by atoms with E-state index >= 15 is 0 Å². The molecule has 1 unspecified atom stereocenters. The Morgan fingerprint density at radius 2 is 2.00 bits per heavy atom. The van der Waals surface area contributed by atoms with E-state index in [1.54, 1.807) is 6.20 Å². The van der Waals surface area contributed by atoms with E-state index in [2.05, 4.69) is 44.9 Å². The summed E-state index contributed by atoms with van der Waals surface area (Å²) >= 11 is 6.18. The van der Waals surface area contributed by atoms with Crippen LogP contribution in [0.5, 0.6) is 0 Å². The second kappa shape index (κ2) is 6.53. The molecule has 1 rings (SSSR count). The summed E-state index contributed by atoms with van der Waals surface area (Å²) in [6.45, 7) is 12.1. The normalized spacial score (nSPS) is 13.9. The summed E-state index contributed by atoms with van der Waals surface area (Å²) in [7, 11) is 0. The molecule has 0 aromatic carbocycles. The fourth-order valence-electron chi connectivity index (χ4n) is 1.83. The molecule has 1 aromatic rings. The molecule has 0 spiro atoms. The van der Waals surface area contributed by atoms with Gasteiger partial charge < -0.3 is 5.32 Å². The zero-order valence-electron chi connectivity index (χ0n) is 12.1. The standard InChI is InChI=1S/C15H25ClN2/c1-11(2)13(9-18-15(3,4)5)8-12-6-7-17-10-14(12)16/h6-7,10-11,13,18H,8-9H2,1-5H3. The molecule has 0 aliphatic heterocycles. The van der Waals surface area contributed by atoms with Crippen molar-refractivity contribution in [1.29, 1.82) is 0 Å². The lowest BCUT2D eigenvalue weighted by atomic mass is 9.88. The maximum Gasteiger partial charge on any atom is 0.0621 e. The minimum Gasteiger partial charge on any atom is -0.312 e. The third kappa shape index (κ3) is 5.36. The molecule has 0 aliphatic carbocycles. The van der Waals surface area contributed by atoms with Crippen molar-refractivity contribution in [2.75, 3.05) is 6.54 Å². The van der Waals surface area contributed by atoms with Gasteiger partial charge in [0, 0.05) is 17.9 Å². The zero-order chi connectivity index (χ0) is 13.8. The fourth-order valence-corrected chi connectivity index (χ4v) is 2.03. The Labute approximate surface area is 116 Å². The van der Waals surface area contributed by atoms with E-state index in [9.17, 15) is 0 Å². The predicted molar refractivity (Wildman–Crippen MR) is 79.0 cm³/mol. The molecule has 0 saturated heterocycles. The Bertz CT molecular complexity index is 369. The molecule has 0 aliphatic rings. The molecule has 2 nitrogen and oxygen atoms in total. The Hall–Kier alpha value is -0.600. The minimum atomic E-state index is 0.162. The van der Waals surface area contributed by atoms with Crippen LogP contribution >= 0.6 is 11.6 Å². The highest BCUT2D eigenvalue weighted by molar-refractivity contribution is 6.31. The number of nitrogens with zero attached hydrogens (tertiary/aromatic N) is 1. The van der Waals surface area contributed by atoms with Crippen LogP contribution in [0.25, 0.3) is 0 Å². The van der Waals surface area contributed by atoms with E-state index in [0.717, 1.165) is 18.0 Å². The van der Waals surface area contributed by atoms with Gasteiger partial charge in [-0.3, -0.25) is 4.98 Å². The molecule has 1 heterocycles. The van der Waals surface area contributed by atoms with Gasteiger partial charge in [-0.2, -0.15) is 0 Å². The van der Waals surface area contributed by atoms with Gasteiger partial charge in [-0.1, -0.05) is 25.4 Å². The second-order valence-electron chi connectivity index (χ2n) is 6.31. The number of rotatable bonds is 5. The first-order valence-corrected chi connectivity index (χ1v) is 7.01. The molecule has 0 radical (unpaired) electrons. The molecule has 0 fully saturated rings. The average molecular weight is 269 g/mol. The van der Waals surface area contributed by atoms with E-state index in [0.29, 0.717) is 11.8 Å². The van der Waals surface area contributed by atoms with Gasteiger partial charge in [0.2, 0.25) is 0 Å². The summed E-state index contributed by atoms with van der Waals surface area (Å²) in [6.07, 6.45) is 4.54. The van der Waals surface area contributed by atoms with E-state index in [4.69, 9.17) is 11.6 Å². The van der Waals surface area contributed by atoms with Crippen molar-refractivity contribution < 1.29 is 0 Å². The van der Waals surface area contributed by atoms with Gasteiger partial charge in [0.05, 0.1) is 5.02 Å². The number of hydrogen-bond acceptors (Lipinski definition) is 2. The third-order valence-electron chi connectivity index (χ3n) is 3.18. The smallest absolute Gasteiger partial charge is 0.0621 e. The monoisotopic (exact) mass is 268 g/mol. The lowest BCUT2D eigenvalue weighted by molar-refractivity contribution is 0.312. The molecule has 3 heteroatoms. The number of halogens is 1. The van der Waals surface area contributed by atoms with E-state index in [1.807, 2.05) is 12.3 Å². The molecule has 0 bridgehead atoms. The van der Waals surface area contributed by atoms with Crippen molar-refractivity contribution in [3.63, 3.8) is 0 Å². The van der Waals surface area contributed by atoms with Crippen molar-refractivity contribution in [1.82, 2.24) is 10.3 Å². The van der Waals surface area contributed by atoms with Gasteiger partial charge in [0.25, 0.3) is 0 Å². The highest BCUT2D eigenvalue weighted by Gasteiger charge is 2.18. The molecule has 0 amide bonds. The van der Waals surface area contributed by atoms with Crippen molar-refractivity contribution in [3.8, 4) is 0 Å². The Kier molecular flexibility index (Phi) is 5.61. The number of aromatic nitrogens is 1. The third-order valence-corrected chi connectivity index (χ3v) is 3.52. The summed E-state index contributed by atoms with van der Waals surface area (Å²) < 4.78 is 0. The SMILES string of the molecule is CC(C)C(CNC(C)(C)C)Cc1ccncc1Cl. The van der Waals surface area contributed by atoms with Gasteiger partial charge >= 0.3 is 0 Å². The Balaban J connectivity index is 2.67. The summed E-state index contributed by atoms with van der Waals surface area (Å²) in [5.74, 6) is 1.22. The fraction of sp³-hybridized carbons (Fsp3) is 0.667. The van der Waals surface area contributed by atoms with Crippen molar-refractivity contribution in [2.24, 2.45) is 11.8 Å². The van der Waals surface area contributed by atoms with Crippen molar-refractivity contribution in [2.45, 2.75) is 46.6 Å². The summed E-state index contributed by atoms with van der Waals surface area (Å²) in [5.41, 5.74) is 1.36. The first kappa shape index (κ1) is 15.5. The molecule has 1 N–H and O–H groups in total. The molecular weight excluding hydrogens is 244 g/mol. The van der Waals surface area contributed by atoms with Crippen LogP contribution in [0.1, 0.15) is 40.2 Å². The van der Waals surface area contributed by atoms with Gasteiger partial charge in [-0.15, -0.1) is 0 Å². The van der Waals surface area contributed by atoms with Crippen LogP contribution in [-0.4, -0.2) is 17.1 Å². The maximum atomic E-state index is 6.18. The summed E-state index contributed by atoms with van der Waals surface area (Å²) in [5, 5.41) is 4.36. The van der Waals surface area contributed by atoms with Crippen LogP contribution in [-0.2, 0) is 6.42 Å². The molecule has 1 atom stereocenters. The number of pyridine rings is 1. The largest absolute Gasteiger partial charge is 0.312 e. The number of nitrogens with one attached hydrogen (secondary N) is 1. The zero-order valence-corrected chi connectivity index (χ0v) is 12.9. The molecular formula is C15H25ClN2. The van der Waals surface area contributed by atoms with Gasteiger partial charge in [-0.05, 0) is 57.2 Å². The summed E-state index contributed by atoms with van der Waals surface area (Å²) in [4.78, 5) is 4.03.